The molecule has 0 aromatic carbocycles. The Hall–Kier alpha value is -1.17. The molecule has 0 aliphatic carbocycles. The van der Waals surface area contributed by atoms with E-state index >= 15 is 0 Å². The Morgan fingerprint density at radius 1 is 0.369 bits per heavy atom. The Balaban J connectivity index is 3.52. The number of carbonyl (C=O) groups is 1. The largest absolute Gasteiger partial charge is 0.394 e. The van der Waals surface area contributed by atoms with Gasteiger partial charge in [-0.25, -0.2) is 0 Å². The van der Waals surface area contributed by atoms with Crippen LogP contribution in [0.15, 0.2) is 24.3 Å². The fourth-order valence-corrected chi connectivity index (χ4v) is 9.46. The van der Waals surface area contributed by atoms with Crippen LogP contribution in [0.5, 0.6) is 0 Å². The third-order valence-corrected chi connectivity index (χ3v) is 14.1. The third-order valence-electron chi connectivity index (χ3n) is 14.1. The van der Waals surface area contributed by atoms with Crippen LogP contribution in [0.3, 0.4) is 0 Å². The van der Waals surface area contributed by atoms with Gasteiger partial charge in [-0.05, 0) is 44.9 Å². The fraction of sp³-hybridized carbons (Fsp3) is 0.917. The molecule has 386 valence electrons. The number of hydrogen-bond acceptors (Lipinski definition) is 4. The molecule has 0 fully saturated rings. The van der Waals surface area contributed by atoms with Crippen LogP contribution in [0.2, 0.25) is 0 Å². The SMILES string of the molecule is CCCCCCCCCCC/C=C\C/C=C\CCCCCCCCCCCCCCC(O)C(=O)NC(CO)C(O)CCCCCCCCCCCCCCCCCCCCCCCCC. The van der Waals surface area contributed by atoms with Crippen LogP contribution in [0, 0.1) is 0 Å². The van der Waals surface area contributed by atoms with Gasteiger partial charge in [0.05, 0.1) is 18.8 Å². The maximum Gasteiger partial charge on any atom is 0.249 e. The Kier molecular flexibility index (Phi) is 54.4. The van der Waals surface area contributed by atoms with Gasteiger partial charge in [0, 0.05) is 0 Å². The van der Waals surface area contributed by atoms with Crippen LogP contribution >= 0.6 is 0 Å². The standard InChI is InChI=1S/C60H117NO4/c1-3-5-7-9-11-13-15-17-19-21-23-25-27-28-29-30-31-33-35-37-39-41-43-45-47-49-51-53-55-59(64)60(65)61-57(56-62)58(63)54-52-50-48-46-44-42-40-38-36-34-32-26-24-22-20-18-16-14-12-10-8-6-4-2/h23,25,28-29,57-59,62-64H,3-22,24,26-27,30-56H2,1-2H3,(H,61,65)/b25-23-,29-28-. The van der Waals surface area contributed by atoms with Crippen molar-refractivity contribution < 1.29 is 20.1 Å². The van der Waals surface area contributed by atoms with Gasteiger partial charge < -0.3 is 20.6 Å². The number of rotatable bonds is 55. The number of hydrogen-bond donors (Lipinski definition) is 4. The van der Waals surface area contributed by atoms with Crippen molar-refractivity contribution in [1.29, 1.82) is 0 Å². The van der Waals surface area contributed by atoms with Crippen LogP contribution in [-0.2, 0) is 4.79 Å². The average molecular weight is 917 g/mol. The van der Waals surface area contributed by atoms with Crippen molar-refractivity contribution in [3.63, 3.8) is 0 Å². The van der Waals surface area contributed by atoms with Gasteiger partial charge in [0.1, 0.15) is 6.10 Å². The number of unbranched alkanes of at least 4 members (excludes halogenated alkanes) is 43. The molecule has 0 radical (unpaired) electrons. The first-order valence-electron chi connectivity index (χ1n) is 29.6. The zero-order chi connectivity index (χ0) is 47.2. The topological polar surface area (TPSA) is 89.8 Å². The van der Waals surface area contributed by atoms with E-state index in [-0.39, 0.29) is 6.61 Å². The van der Waals surface area contributed by atoms with Gasteiger partial charge in [0.15, 0.2) is 0 Å². The van der Waals surface area contributed by atoms with Crippen molar-refractivity contribution in [3.05, 3.63) is 24.3 Å². The lowest BCUT2D eigenvalue weighted by molar-refractivity contribution is -0.131. The molecule has 5 heteroatoms. The first kappa shape index (κ1) is 63.8. The minimum atomic E-state index is -1.08. The van der Waals surface area contributed by atoms with E-state index in [0.29, 0.717) is 12.8 Å². The fourth-order valence-electron chi connectivity index (χ4n) is 9.46. The van der Waals surface area contributed by atoms with Crippen molar-refractivity contribution in [2.45, 2.75) is 347 Å². The highest BCUT2D eigenvalue weighted by atomic mass is 16.3. The predicted molar refractivity (Wildman–Crippen MR) is 287 cm³/mol. The van der Waals surface area contributed by atoms with Crippen molar-refractivity contribution in [2.24, 2.45) is 0 Å². The molecule has 0 bridgehead atoms. The highest BCUT2D eigenvalue weighted by Gasteiger charge is 2.23. The second-order valence-electron chi connectivity index (χ2n) is 20.6. The molecule has 3 unspecified atom stereocenters. The summed E-state index contributed by atoms with van der Waals surface area (Å²) in [6, 6.07) is -0.712. The second kappa shape index (κ2) is 55.4. The average Bonchev–Trinajstić information content (AvgIpc) is 3.31. The molecule has 1 amide bonds. The van der Waals surface area contributed by atoms with Gasteiger partial charge >= 0.3 is 0 Å². The smallest absolute Gasteiger partial charge is 0.249 e. The van der Waals surface area contributed by atoms with Gasteiger partial charge in [-0.15, -0.1) is 0 Å². The van der Waals surface area contributed by atoms with Crippen molar-refractivity contribution in [1.82, 2.24) is 5.32 Å². The summed E-state index contributed by atoms with van der Waals surface area (Å²) in [5.74, 6) is -0.466. The van der Waals surface area contributed by atoms with Gasteiger partial charge in [-0.3, -0.25) is 4.79 Å². The van der Waals surface area contributed by atoms with E-state index in [2.05, 4.69) is 43.5 Å². The highest BCUT2D eigenvalue weighted by Crippen LogP contribution is 2.18. The first-order valence-corrected chi connectivity index (χ1v) is 29.6. The molecule has 0 aromatic rings. The molecule has 0 aliphatic heterocycles. The van der Waals surface area contributed by atoms with E-state index in [0.717, 1.165) is 38.5 Å². The summed E-state index contributed by atoms with van der Waals surface area (Å²) in [5.41, 5.74) is 0. The Morgan fingerprint density at radius 2 is 0.631 bits per heavy atom. The Morgan fingerprint density at radius 3 is 0.923 bits per heavy atom. The lowest BCUT2D eigenvalue weighted by atomic mass is 10.0. The summed E-state index contributed by atoms with van der Waals surface area (Å²) in [5, 5.41) is 33.6. The number of allylic oxidation sites excluding steroid dienone is 4. The molecule has 0 saturated heterocycles. The zero-order valence-electron chi connectivity index (χ0n) is 44.1. The lowest BCUT2D eigenvalue weighted by Gasteiger charge is -2.23. The van der Waals surface area contributed by atoms with E-state index in [1.54, 1.807) is 0 Å². The van der Waals surface area contributed by atoms with Gasteiger partial charge in [0.2, 0.25) is 5.91 Å². The molecule has 0 aliphatic rings. The molecule has 0 saturated carbocycles. The van der Waals surface area contributed by atoms with Crippen molar-refractivity contribution >= 4 is 5.91 Å². The third kappa shape index (κ3) is 50.5. The maximum atomic E-state index is 12.6. The van der Waals surface area contributed by atoms with Gasteiger partial charge in [-0.2, -0.15) is 0 Å². The zero-order valence-corrected chi connectivity index (χ0v) is 44.1. The summed E-state index contributed by atoms with van der Waals surface area (Å²) < 4.78 is 0. The molecular formula is C60H117NO4. The van der Waals surface area contributed by atoms with E-state index < -0.39 is 24.2 Å². The molecule has 0 spiro atoms. The van der Waals surface area contributed by atoms with E-state index in [9.17, 15) is 20.1 Å². The molecule has 0 aromatic heterocycles. The molecule has 4 N–H and O–H groups in total. The summed E-state index contributed by atoms with van der Waals surface area (Å²) in [7, 11) is 0. The number of nitrogens with one attached hydrogen (secondary N) is 1. The molecule has 3 atom stereocenters. The van der Waals surface area contributed by atoms with E-state index in [1.165, 1.54) is 263 Å². The summed E-state index contributed by atoms with van der Waals surface area (Å²) in [6.07, 6.45) is 70.9. The van der Waals surface area contributed by atoms with Crippen LogP contribution in [0.1, 0.15) is 328 Å². The predicted octanol–water partition coefficient (Wildman–Crippen LogP) is 18.5. The molecular weight excluding hydrogens is 799 g/mol. The minimum Gasteiger partial charge on any atom is -0.394 e. The van der Waals surface area contributed by atoms with Crippen LogP contribution in [-0.4, -0.2) is 46.1 Å². The monoisotopic (exact) mass is 916 g/mol. The van der Waals surface area contributed by atoms with Crippen molar-refractivity contribution in [3.8, 4) is 0 Å². The molecule has 0 heterocycles. The van der Waals surface area contributed by atoms with Crippen LogP contribution < -0.4 is 5.32 Å². The molecule has 65 heavy (non-hydrogen) atoms. The van der Waals surface area contributed by atoms with E-state index in [1.807, 2.05) is 0 Å². The number of carbonyl (C=O) groups excluding carboxylic acids is 1. The lowest BCUT2D eigenvalue weighted by Crippen LogP contribution is -2.49. The Bertz CT molecular complexity index is 967. The van der Waals surface area contributed by atoms with Crippen LogP contribution in [0.4, 0.5) is 0 Å². The summed E-state index contributed by atoms with van der Waals surface area (Å²) >= 11 is 0. The number of amides is 1. The second-order valence-corrected chi connectivity index (χ2v) is 20.6. The van der Waals surface area contributed by atoms with E-state index in [4.69, 9.17) is 0 Å². The van der Waals surface area contributed by atoms with Gasteiger partial charge in [0.25, 0.3) is 0 Å². The van der Waals surface area contributed by atoms with Crippen LogP contribution in [0.25, 0.3) is 0 Å². The van der Waals surface area contributed by atoms with Gasteiger partial charge in [-0.1, -0.05) is 308 Å². The maximum absolute atomic E-state index is 12.6. The summed E-state index contributed by atoms with van der Waals surface area (Å²) in [4.78, 5) is 12.6. The number of aliphatic hydroxyl groups is 3. The summed E-state index contributed by atoms with van der Waals surface area (Å²) in [6.45, 7) is 4.27. The normalized spacial score (nSPS) is 13.4. The minimum absolute atomic E-state index is 0.311. The molecule has 5 nitrogen and oxygen atoms in total. The van der Waals surface area contributed by atoms with Crippen molar-refractivity contribution in [2.75, 3.05) is 6.61 Å². The highest BCUT2D eigenvalue weighted by molar-refractivity contribution is 5.80. The Labute approximate surface area is 407 Å². The number of aliphatic hydroxyl groups excluding tert-OH is 3. The molecule has 0 rings (SSSR count). The first-order chi connectivity index (χ1) is 32.1. The quantitative estimate of drug-likeness (QED) is 0.0361.